The summed E-state index contributed by atoms with van der Waals surface area (Å²) in [6.45, 7) is 0.890. The van der Waals surface area contributed by atoms with Gasteiger partial charge < -0.3 is 15.5 Å². The first-order valence-electron chi connectivity index (χ1n) is 12.9. The number of halogens is 1. The van der Waals surface area contributed by atoms with E-state index < -0.39 is 17.1 Å². The lowest BCUT2D eigenvalue weighted by atomic mass is 9.73. The van der Waals surface area contributed by atoms with Crippen molar-refractivity contribution >= 4 is 40.0 Å². The number of carbonyl (C=O) groups excluding carboxylic acids is 1. The van der Waals surface area contributed by atoms with Gasteiger partial charge in [-0.15, -0.1) is 0 Å². The van der Waals surface area contributed by atoms with Crippen LogP contribution in [-0.4, -0.2) is 52.9 Å². The van der Waals surface area contributed by atoms with E-state index in [2.05, 4.69) is 54.8 Å². The molecule has 0 fully saturated rings. The minimum atomic E-state index is -0.666. The van der Waals surface area contributed by atoms with Crippen LogP contribution in [0.2, 0.25) is 0 Å². The Balaban J connectivity index is 1.36. The van der Waals surface area contributed by atoms with E-state index >= 15 is 4.39 Å². The molecule has 0 spiro atoms. The topological polar surface area (TPSA) is 83.0 Å². The standard InChI is InChI=1S/C31H29FN6OS2/c1-38(2)21-31(22-11-5-3-6-12-22,23-13-7-4-8-14-23)20-36-29(39)28-27(32)24(16-18-34-28)40-26-19-35-30(41-26)37-25-15-9-10-17-33-25/h3-19H,20-21H2,1-2H3,(H,36,39)(H,33,35,37). The highest BCUT2D eigenvalue weighted by Gasteiger charge is 2.36. The molecule has 0 saturated heterocycles. The predicted octanol–water partition coefficient (Wildman–Crippen LogP) is 6.24. The molecule has 2 aromatic carbocycles. The molecule has 10 heteroatoms. The van der Waals surface area contributed by atoms with E-state index in [1.54, 1.807) is 18.5 Å². The number of nitrogens with zero attached hydrogens (tertiary/aromatic N) is 4. The fourth-order valence-electron chi connectivity index (χ4n) is 4.66. The number of rotatable bonds is 11. The number of aromatic nitrogens is 3. The smallest absolute Gasteiger partial charge is 0.273 e. The van der Waals surface area contributed by atoms with Gasteiger partial charge in [0.1, 0.15) is 5.82 Å². The SMILES string of the molecule is CN(C)CC(CNC(=O)c1nccc(Sc2cnc(Nc3ccccn3)s2)c1F)(c1ccccc1)c1ccccc1. The van der Waals surface area contributed by atoms with Gasteiger partial charge in [0.2, 0.25) is 0 Å². The maximum atomic E-state index is 15.6. The van der Waals surface area contributed by atoms with E-state index in [-0.39, 0.29) is 12.2 Å². The maximum absolute atomic E-state index is 15.6. The van der Waals surface area contributed by atoms with E-state index in [4.69, 9.17) is 0 Å². The van der Waals surface area contributed by atoms with Crippen LogP contribution in [0.5, 0.6) is 0 Å². The highest BCUT2D eigenvalue weighted by Crippen LogP contribution is 2.37. The van der Waals surface area contributed by atoms with Crippen LogP contribution in [0.4, 0.5) is 15.3 Å². The lowest BCUT2D eigenvalue weighted by molar-refractivity contribution is 0.0933. The van der Waals surface area contributed by atoms with Crippen LogP contribution >= 0.6 is 23.1 Å². The van der Waals surface area contributed by atoms with E-state index in [0.29, 0.717) is 22.4 Å². The Bertz CT molecular complexity index is 1540. The van der Waals surface area contributed by atoms with Gasteiger partial charge in [0.05, 0.1) is 20.7 Å². The fraction of sp³-hybridized carbons (Fsp3) is 0.161. The van der Waals surface area contributed by atoms with E-state index in [0.717, 1.165) is 15.3 Å². The minimum Gasteiger partial charge on any atom is -0.349 e. The Kier molecular flexibility index (Phi) is 9.03. The zero-order valence-corrected chi connectivity index (χ0v) is 24.3. The molecule has 1 amide bonds. The average molecular weight is 585 g/mol. The number of hydrogen-bond donors (Lipinski definition) is 2. The Morgan fingerprint density at radius 2 is 1.59 bits per heavy atom. The van der Waals surface area contributed by atoms with Gasteiger partial charge in [-0.2, -0.15) is 0 Å². The summed E-state index contributed by atoms with van der Waals surface area (Å²) in [7, 11) is 4.00. The van der Waals surface area contributed by atoms with Crippen molar-refractivity contribution in [1.82, 2.24) is 25.2 Å². The molecule has 0 aliphatic carbocycles. The summed E-state index contributed by atoms with van der Waals surface area (Å²) in [4.78, 5) is 28.5. The second-order valence-corrected chi connectivity index (χ2v) is 12.0. The first-order valence-corrected chi connectivity index (χ1v) is 14.6. The zero-order valence-electron chi connectivity index (χ0n) is 22.6. The molecule has 0 radical (unpaired) electrons. The van der Waals surface area contributed by atoms with Crippen molar-refractivity contribution in [3.8, 4) is 0 Å². The van der Waals surface area contributed by atoms with Crippen LogP contribution in [0, 0.1) is 5.82 Å². The summed E-state index contributed by atoms with van der Waals surface area (Å²) >= 11 is 2.57. The average Bonchev–Trinajstić information content (AvgIpc) is 3.44. The molecule has 0 aliphatic heterocycles. The lowest BCUT2D eigenvalue weighted by Gasteiger charge is -2.37. The molecule has 5 aromatic rings. The number of pyridine rings is 2. The summed E-state index contributed by atoms with van der Waals surface area (Å²) in [6.07, 6.45) is 4.81. The van der Waals surface area contributed by atoms with Crippen molar-refractivity contribution in [2.24, 2.45) is 0 Å². The number of likely N-dealkylation sites (N-methyl/N-ethyl adjacent to an activating group) is 1. The van der Waals surface area contributed by atoms with Gasteiger partial charge in [0.15, 0.2) is 16.6 Å². The minimum absolute atomic E-state index is 0.244. The van der Waals surface area contributed by atoms with Crippen LogP contribution in [0.25, 0.3) is 0 Å². The quantitative estimate of drug-likeness (QED) is 0.190. The van der Waals surface area contributed by atoms with E-state index in [1.165, 1.54) is 29.3 Å². The molecule has 0 aliphatic rings. The van der Waals surface area contributed by atoms with Crippen LogP contribution in [-0.2, 0) is 5.41 Å². The molecule has 0 unspecified atom stereocenters. The fourth-order valence-corrected chi connectivity index (χ4v) is 6.53. The van der Waals surface area contributed by atoms with Crippen molar-refractivity contribution in [2.75, 3.05) is 32.5 Å². The van der Waals surface area contributed by atoms with Gasteiger partial charge in [0.25, 0.3) is 5.91 Å². The number of nitrogens with one attached hydrogen (secondary N) is 2. The zero-order chi connectivity index (χ0) is 28.7. The summed E-state index contributed by atoms with van der Waals surface area (Å²) in [6, 6.07) is 27.2. The Morgan fingerprint density at radius 3 is 2.22 bits per heavy atom. The normalized spacial score (nSPS) is 11.4. The highest BCUT2D eigenvalue weighted by atomic mass is 32.2. The molecule has 3 aromatic heterocycles. The second kappa shape index (κ2) is 13.0. The van der Waals surface area contributed by atoms with Crippen molar-refractivity contribution in [2.45, 2.75) is 14.5 Å². The third-order valence-corrected chi connectivity index (χ3v) is 8.50. The van der Waals surface area contributed by atoms with Gasteiger partial charge in [-0.05, 0) is 43.4 Å². The van der Waals surface area contributed by atoms with Crippen molar-refractivity contribution in [3.63, 3.8) is 0 Å². The van der Waals surface area contributed by atoms with Crippen LogP contribution < -0.4 is 10.6 Å². The number of carbonyl (C=O) groups is 1. The molecule has 0 saturated carbocycles. The van der Waals surface area contributed by atoms with Gasteiger partial charge in [-0.25, -0.2) is 19.3 Å². The maximum Gasteiger partial charge on any atom is 0.273 e. The Morgan fingerprint density at radius 1 is 0.902 bits per heavy atom. The summed E-state index contributed by atoms with van der Waals surface area (Å²) in [5.41, 5.74) is 1.30. The van der Waals surface area contributed by atoms with Gasteiger partial charge in [-0.3, -0.25) is 4.79 Å². The molecular weight excluding hydrogens is 556 g/mol. The van der Waals surface area contributed by atoms with Crippen molar-refractivity contribution < 1.29 is 9.18 Å². The number of thiazole rings is 1. The number of benzene rings is 2. The van der Waals surface area contributed by atoms with Gasteiger partial charge >= 0.3 is 0 Å². The first-order chi connectivity index (χ1) is 19.9. The van der Waals surface area contributed by atoms with E-state index in [9.17, 15) is 4.79 Å². The number of hydrogen-bond acceptors (Lipinski definition) is 8. The molecule has 0 atom stereocenters. The third kappa shape index (κ3) is 6.79. The molecule has 41 heavy (non-hydrogen) atoms. The van der Waals surface area contributed by atoms with E-state index in [1.807, 2.05) is 68.7 Å². The summed E-state index contributed by atoms with van der Waals surface area (Å²) < 4.78 is 16.4. The largest absolute Gasteiger partial charge is 0.349 e. The summed E-state index contributed by atoms with van der Waals surface area (Å²) in [5.74, 6) is -0.564. The van der Waals surface area contributed by atoms with Gasteiger partial charge in [-0.1, -0.05) is 89.8 Å². The highest BCUT2D eigenvalue weighted by molar-refractivity contribution is 8.01. The van der Waals surface area contributed by atoms with Crippen molar-refractivity contribution in [1.29, 1.82) is 0 Å². The molecule has 2 N–H and O–H groups in total. The third-order valence-electron chi connectivity index (χ3n) is 6.45. The predicted molar refractivity (Wildman–Crippen MR) is 163 cm³/mol. The molecule has 7 nitrogen and oxygen atoms in total. The monoisotopic (exact) mass is 584 g/mol. The second-order valence-electron chi connectivity index (χ2n) is 9.63. The molecule has 3 heterocycles. The molecule has 5 rings (SSSR count). The number of amides is 1. The van der Waals surface area contributed by atoms with Crippen LogP contribution in [0.3, 0.4) is 0 Å². The van der Waals surface area contributed by atoms with Crippen molar-refractivity contribution in [3.05, 3.63) is 126 Å². The number of anilines is 2. The molecule has 0 bridgehead atoms. The molecular formula is C31H29FN6OS2. The first kappa shape index (κ1) is 28.4. The van der Waals surface area contributed by atoms with Gasteiger partial charge in [0, 0.05) is 25.5 Å². The summed E-state index contributed by atoms with van der Waals surface area (Å²) in [5, 5.41) is 6.77. The Labute approximate surface area is 246 Å². The molecule has 208 valence electrons. The lowest BCUT2D eigenvalue weighted by Crippen LogP contribution is -2.48. The Hall–Kier alpha value is -4.12. The van der Waals surface area contributed by atoms with Crippen LogP contribution in [0.1, 0.15) is 21.6 Å². The van der Waals surface area contributed by atoms with Crippen LogP contribution in [0.15, 0.2) is 113 Å².